The normalized spacial score (nSPS) is 23.4. The summed E-state index contributed by atoms with van der Waals surface area (Å²) in [5.74, 6) is 0. The van der Waals surface area contributed by atoms with Crippen molar-refractivity contribution in [3.8, 4) is 0 Å². The highest BCUT2D eigenvalue weighted by Crippen LogP contribution is 2.44. The molecule has 1 aliphatic heterocycles. The standard InChI is InChI=1S/C23H42BrNO3SSi2/c1-22(2,3)30(8,9)26-15-19-18(28-31(10,11)23(4,5)6)14-17(27-19)16-12-13-20(24)25-21(16)29-7/h12-13,17-19H,14-15H2,1-11H3/t17-,18+,19-/m1/s1. The zero-order valence-corrected chi connectivity index (χ0v) is 25.7. The van der Waals surface area contributed by atoms with E-state index in [1.54, 1.807) is 11.8 Å². The van der Waals surface area contributed by atoms with Crippen molar-refractivity contribution in [1.29, 1.82) is 0 Å². The topological polar surface area (TPSA) is 40.6 Å². The second kappa shape index (κ2) is 9.88. The van der Waals surface area contributed by atoms with Gasteiger partial charge in [0.1, 0.15) is 15.7 Å². The number of halogens is 1. The van der Waals surface area contributed by atoms with Crippen molar-refractivity contribution in [3.05, 3.63) is 22.3 Å². The average Bonchev–Trinajstić information content (AvgIpc) is 2.99. The molecule has 0 N–H and O–H groups in total. The van der Waals surface area contributed by atoms with Gasteiger partial charge in [0.2, 0.25) is 0 Å². The lowest BCUT2D eigenvalue weighted by molar-refractivity contribution is -0.0172. The Balaban J connectivity index is 2.29. The molecule has 1 fully saturated rings. The molecule has 31 heavy (non-hydrogen) atoms. The van der Waals surface area contributed by atoms with E-state index in [0.29, 0.717) is 6.61 Å². The molecule has 1 aromatic heterocycles. The number of pyridine rings is 1. The lowest BCUT2D eigenvalue weighted by atomic mass is 10.1. The Morgan fingerprint density at radius 1 is 1.06 bits per heavy atom. The third-order valence-electron chi connectivity index (χ3n) is 7.26. The van der Waals surface area contributed by atoms with Crippen molar-refractivity contribution >= 4 is 44.3 Å². The maximum atomic E-state index is 6.89. The Morgan fingerprint density at radius 2 is 1.65 bits per heavy atom. The van der Waals surface area contributed by atoms with Gasteiger partial charge >= 0.3 is 0 Å². The van der Waals surface area contributed by atoms with Crippen LogP contribution >= 0.6 is 27.7 Å². The highest BCUT2D eigenvalue weighted by Gasteiger charge is 2.46. The summed E-state index contributed by atoms with van der Waals surface area (Å²) in [6, 6.07) is 4.13. The predicted octanol–water partition coefficient (Wildman–Crippen LogP) is 7.81. The van der Waals surface area contributed by atoms with Crippen molar-refractivity contribution in [2.24, 2.45) is 0 Å². The fourth-order valence-electron chi connectivity index (χ4n) is 3.09. The van der Waals surface area contributed by atoms with Crippen LogP contribution in [0.3, 0.4) is 0 Å². The minimum absolute atomic E-state index is 0.0224. The van der Waals surface area contributed by atoms with Crippen LogP contribution in [0.5, 0.6) is 0 Å². The molecule has 0 aromatic carbocycles. The van der Waals surface area contributed by atoms with Crippen LogP contribution in [0.1, 0.15) is 59.6 Å². The van der Waals surface area contributed by atoms with E-state index >= 15 is 0 Å². The molecule has 1 saturated heterocycles. The first-order valence-electron chi connectivity index (χ1n) is 11.2. The van der Waals surface area contributed by atoms with E-state index in [9.17, 15) is 0 Å². The number of nitrogens with zero attached hydrogens (tertiary/aromatic N) is 1. The van der Waals surface area contributed by atoms with Crippen LogP contribution in [-0.2, 0) is 13.6 Å². The number of hydrogen-bond donors (Lipinski definition) is 0. The molecule has 0 spiro atoms. The van der Waals surface area contributed by atoms with Crippen LogP contribution in [-0.4, -0.2) is 46.7 Å². The maximum absolute atomic E-state index is 6.89. The van der Waals surface area contributed by atoms with E-state index in [2.05, 4.69) is 101 Å². The van der Waals surface area contributed by atoms with E-state index in [1.165, 1.54) is 0 Å². The van der Waals surface area contributed by atoms with E-state index in [0.717, 1.165) is 21.6 Å². The largest absolute Gasteiger partial charge is 0.414 e. The van der Waals surface area contributed by atoms with Gasteiger partial charge in [0, 0.05) is 12.0 Å². The second-order valence-corrected chi connectivity index (χ2v) is 22.8. The Bertz CT molecular complexity index is 762. The first kappa shape index (κ1) is 27.5. The zero-order chi connectivity index (χ0) is 23.8. The number of thioether (sulfide) groups is 1. The van der Waals surface area contributed by atoms with Gasteiger partial charge in [-0.05, 0) is 64.5 Å². The summed E-state index contributed by atoms with van der Waals surface area (Å²) in [4.78, 5) is 4.66. The number of ether oxygens (including phenoxy) is 1. The molecule has 3 atom stereocenters. The van der Waals surface area contributed by atoms with Crippen molar-refractivity contribution in [2.75, 3.05) is 12.9 Å². The molecule has 1 aromatic rings. The van der Waals surface area contributed by atoms with Gasteiger partial charge in [0.15, 0.2) is 16.6 Å². The Kier molecular flexibility index (Phi) is 8.78. The third kappa shape index (κ3) is 6.67. The predicted molar refractivity (Wildman–Crippen MR) is 141 cm³/mol. The Hall–Kier alpha value is 0.294. The number of aromatic nitrogens is 1. The monoisotopic (exact) mass is 547 g/mol. The van der Waals surface area contributed by atoms with Crippen LogP contribution < -0.4 is 0 Å². The Morgan fingerprint density at radius 3 is 2.16 bits per heavy atom. The molecule has 0 aliphatic carbocycles. The summed E-state index contributed by atoms with van der Waals surface area (Å²) in [5, 5.41) is 1.33. The minimum Gasteiger partial charge on any atom is -0.414 e. The van der Waals surface area contributed by atoms with E-state index in [1.807, 2.05) is 6.07 Å². The second-order valence-electron chi connectivity index (χ2n) is 11.6. The zero-order valence-electron chi connectivity index (χ0n) is 21.3. The molecular formula is C23H42BrNO3SSi2. The van der Waals surface area contributed by atoms with Crippen molar-refractivity contribution in [2.45, 2.75) is 108 Å². The van der Waals surface area contributed by atoms with Gasteiger partial charge in [-0.2, -0.15) is 0 Å². The Labute approximate surface area is 205 Å². The first-order valence-corrected chi connectivity index (χ1v) is 19.0. The quantitative estimate of drug-likeness (QED) is 0.197. The van der Waals surface area contributed by atoms with Gasteiger partial charge in [-0.3, -0.25) is 0 Å². The van der Waals surface area contributed by atoms with Crippen LogP contribution in [0.15, 0.2) is 21.8 Å². The summed E-state index contributed by atoms with van der Waals surface area (Å²) >= 11 is 5.16. The smallest absolute Gasteiger partial charge is 0.192 e. The van der Waals surface area contributed by atoms with Crippen LogP contribution in [0.2, 0.25) is 36.3 Å². The lowest BCUT2D eigenvalue weighted by Gasteiger charge is -2.40. The molecule has 0 unspecified atom stereocenters. The van der Waals surface area contributed by atoms with Crippen LogP contribution in [0, 0.1) is 0 Å². The lowest BCUT2D eigenvalue weighted by Crippen LogP contribution is -2.48. The molecule has 0 bridgehead atoms. The highest BCUT2D eigenvalue weighted by molar-refractivity contribution is 9.10. The molecule has 4 nitrogen and oxygen atoms in total. The summed E-state index contributed by atoms with van der Waals surface area (Å²) in [5.41, 5.74) is 1.15. The minimum atomic E-state index is -1.94. The van der Waals surface area contributed by atoms with E-state index in [4.69, 9.17) is 13.6 Å². The molecule has 0 saturated carbocycles. The summed E-state index contributed by atoms with van der Waals surface area (Å²) in [6.45, 7) is 23.5. The van der Waals surface area contributed by atoms with Gasteiger partial charge in [0.05, 0.1) is 18.8 Å². The van der Waals surface area contributed by atoms with Crippen molar-refractivity contribution < 1.29 is 13.6 Å². The highest BCUT2D eigenvalue weighted by atomic mass is 79.9. The van der Waals surface area contributed by atoms with Crippen molar-refractivity contribution in [3.63, 3.8) is 0 Å². The molecule has 0 radical (unpaired) electrons. The number of rotatable bonds is 7. The summed E-state index contributed by atoms with van der Waals surface area (Å²) in [6.07, 6.45) is 2.86. The summed E-state index contributed by atoms with van der Waals surface area (Å²) in [7, 11) is -3.81. The SMILES string of the molecule is CSc1nc(Br)ccc1[C@H]1C[C@H](O[Si](C)(C)C(C)(C)C)[C@@H](CO[Si](C)(C)C(C)(C)C)O1. The molecule has 2 heterocycles. The van der Waals surface area contributed by atoms with E-state index < -0.39 is 16.6 Å². The molecule has 2 rings (SSSR count). The molecule has 0 amide bonds. The molecule has 8 heteroatoms. The average molecular weight is 549 g/mol. The third-order valence-corrected chi connectivity index (χ3v) is 17.4. The maximum Gasteiger partial charge on any atom is 0.192 e. The fraction of sp³-hybridized carbons (Fsp3) is 0.783. The van der Waals surface area contributed by atoms with Crippen LogP contribution in [0.4, 0.5) is 0 Å². The van der Waals surface area contributed by atoms with Gasteiger partial charge in [-0.1, -0.05) is 47.6 Å². The molecule has 178 valence electrons. The molecular weight excluding hydrogens is 506 g/mol. The van der Waals surface area contributed by atoms with Crippen molar-refractivity contribution in [1.82, 2.24) is 4.98 Å². The van der Waals surface area contributed by atoms with Crippen LogP contribution in [0.25, 0.3) is 0 Å². The van der Waals surface area contributed by atoms with Gasteiger partial charge in [-0.25, -0.2) is 4.98 Å². The fourth-order valence-corrected chi connectivity index (χ4v) is 6.51. The van der Waals surface area contributed by atoms with E-state index in [-0.39, 0.29) is 28.4 Å². The summed E-state index contributed by atoms with van der Waals surface area (Å²) < 4.78 is 21.0. The van der Waals surface area contributed by atoms with Gasteiger partial charge in [0.25, 0.3) is 0 Å². The molecule has 1 aliphatic rings. The van der Waals surface area contributed by atoms with Gasteiger partial charge < -0.3 is 13.6 Å². The van der Waals surface area contributed by atoms with Gasteiger partial charge in [-0.15, -0.1) is 11.8 Å². The number of hydrogen-bond acceptors (Lipinski definition) is 5. The first-order chi connectivity index (χ1) is 14.0.